The van der Waals surface area contributed by atoms with Gasteiger partial charge in [0.25, 0.3) is 0 Å². The molecule has 0 fully saturated rings. The average molecular weight is 162 g/mol. The molecule has 0 saturated carbocycles. The van der Waals surface area contributed by atoms with Gasteiger partial charge in [-0.3, -0.25) is 0 Å². The topological polar surface area (TPSA) is 0 Å². The highest BCUT2D eigenvalue weighted by Crippen LogP contribution is 2.13. The van der Waals surface area contributed by atoms with Crippen molar-refractivity contribution in [2.45, 2.75) is 19.8 Å². The van der Waals surface area contributed by atoms with Gasteiger partial charge in [-0.15, -0.1) is 6.42 Å². The lowest BCUT2D eigenvalue weighted by atomic mass is 10.1. The molecule has 1 aromatic carbocycles. The van der Waals surface area contributed by atoms with Crippen molar-refractivity contribution in [2.24, 2.45) is 0 Å². The summed E-state index contributed by atoms with van der Waals surface area (Å²) in [5, 5.41) is 0. The third-order valence-corrected chi connectivity index (χ3v) is 1.75. The van der Waals surface area contributed by atoms with E-state index in [9.17, 15) is 4.39 Å². The molecule has 0 N–H and O–H groups in total. The maximum atomic E-state index is 13.3. The van der Waals surface area contributed by atoms with Crippen LogP contribution in [0.1, 0.15) is 24.5 Å². The maximum Gasteiger partial charge on any atom is 0.141 e. The molecule has 0 spiro atoms. The smallest absolute Gasteiger partial charge is 0.141 e. The quantitative estimate of drug-likeness (QED) is 0.586. The minimum atomic E-state index is -0.234. The first-order valence-corrected chi connectivity index (χ1v) is 4.03. The van der Waals surface area contributed by atoms with Crippen molar-refractivity contribution in [1.82, 2.24) is 0 Å². The highest BCUT2D eigenvalue weighted by molar-refractivity contribution is 5.37. The van der Waals surface area contributed by atoms with E-state index in [1.165, 1.54) is 0 Å². The number of hydrogen-bond acceptors (Lipinski definition) is 0. The molecule has 0 aliphatic rings. The molecule has 0 amide bonds. The third kappa shape index (κ3) is 1.65. The van der Waals surface area contributed by atoms with E-state index in [1.807, 2.05) is 6.92 Å². The van der Waals surface area contributed by atoms with Crippen LogP contribution in [0.15, 0.2) is 18.2 Å². The monoisotopic (exact) mass is 162 g/mol. The largest absolute Gasteiger partial charge is 0.205 e. The Hall–Kier alpha value is -1.29. The highest BCUT2D eigenvalue weighted by atomic mass is 19.1. The lowest BCUT2D eigenvalue weighted by Crippen LogP contribution is -1.92. The van der Waals surface area contributed by atoms with Crippen LogP contribution in [-0.2, 0) is 6.42 Å². The van der Waals surface area contributed by atoms with Crippen molar-refractivity contribution in [3.63, 3.8) is 0 Å². The average Bonchev–Trinajstić information content (AvgIpc) is 2.09. The molecule has 0 heterocycles. The summed E-state index contributed by atoms with van der Waals surface area (Å²) in [6, 6.07) is 5.19. The van der Waals surface area contributed by atoms with Gasteiger partial charge in [0.2, 0.25) is 0 Å². The molecule has 0 aliphatic carbocycles. The lowest BCUT2D eigenvalue weighted by molar-refractivity contribution is 0.604. The van der Waals surface area contributed by atoms with E-state index >= 15 is 0 Å². The van der Waals surface area contributed by atoms with Crippen LogP contribution in [0.2, 0.25) is 0 Å². The predicted molar refractivity (Wildman–Crippen MR) is 48.3 cm³/mol. The lowest BCUT2D eigenvalue weighted by Gasteiger charge is -2.01. The van der Waals surface area contributed by atoms with Gasteiger partial charge in [-0.05, 0) is 18.1 Å². The molecule has 12 heavy (non-hydrogen) atoms. The number of terminal acetylenes is 1. The Bertz CT molecular complexity index is 307. The Balaban J connectivity index is 3.07. The fraction of sp³-hybridized carbons (Fsp3) is 0.273. The van der Waals surface area contributed by atoms with Gasteiger partial charge < -0.3 is 0 Å². The molecule has 0 atom stereocenters. The molecule has 0 radical (unpaired) electrons. The second kappa shape index (κ2) is 3.92. The second-order valence-corrected chi connectivity index (χ2v) is 2.67. The first-order valence-electron chi connectivity index (χ1n) is 4.03. The Labute approximate surface area is 72.4 Å². The molecular formula is C11H11F. The Morgan fingerprint density at radius 2 is 2.25 bits per heavy atom. The van der Waals surface area contributed by atoms with E-state index in [0.717, 1.165) is 12.8 Å². The summed E-state index contributed by atoms with van der Waals surface area (Å²) >= 11 is 0. The van der Waals surface area contributed by atoms with Crippen LogP contribution in [0.3, 0.4) is 0 Å². The fourth-order valence-electron chi connectivity index (χ4n) is 1.15. The molecule has 1 aromatic rings. The van der Waals surface area contributed by atoms with Gasteiger partial charge in [-0.25, -0.2) is 4.39 Å². The van der Waals surface area contributed by atoms with Gasteiger partial charge in [-0.1, -0.05) is 31.4 Å². The number of benzene rings is 1. The van der Waals surface area contributed by atoms with Crippen LogP contribution in [0.5, 0.6) is 0 Å². The van der Waals surface area contributed by atoms with E-state index < -0.39 is 0 Å². The standard InChI is InChI=1S/C11H11F/c1-3-6-10-8-5-7-9(4-2)11(10)12/h2,5,7-8H,3,6H2,1H3. The molecule has 62 valence electrons. The molecule has 0 saturated heterocycles. The highest BCUT2D eigenvalue weighted by Gasteiger charge is 2.03. The van der Waals surface area contributed by atoms with Gasteiger partial charge >= 0.3 is 0 Å². The van der Waals surface area contributed by atoms with Gasteiger partial charge in [0.05, 0.1) is 5.56 Å². The number of hydrogen-bond donors (Lipinski definition) is 0. The van der Waals surface area contributed by atoms with E-state index in [-0.39, 0.29) is 5.82 Å². The van der Waals surface area contributed by atoms with Crippen molar-refractivity contribution < 1.29 is 4.39 Å². The zero-order valence-corrected chi connectivity index (χ0v) is 7.10. The van der Waals surface area contributed by atoms with Crippen molar-refractivity contribution in [3.05, 3.63) is 35.1 Å². The number of halogens is 1. The van der Waals surface area contributed by atoms with Gasteiger partial charge in [0.15, 0.2) is 0 Å². The number of aryl methyl sites for hydroxylation is 1. The molecule has 0 aliphatic heterocycles. The first-order chi connectivity index (χ1) is 5.79. The molecule has 0 bridgehead atoms. The maximum absolute atomic E-state index is 13.3. The second-order valence-electron chi connectivity index (χ2n) is 2.67. The number of rotatable bonds is 2. The Morgan fingerprint density at radius 1 is 1.50 bits per heavy atom. The van der Waals surface area contributed by atoms with Gasteiger partial charge in [-0.2, -0.15) is 0 Å². The van der Waals surface area contributed by atoms with Crippen molar-refractivity contribution in [3.8, 4) is 12.3 Å². The summed E-state index contributed by atoms with van der Waals surface area (Å²) in [5.41, 5.74) is 1.08. The zero-order chi connectivity index (χ0) is 8.97. The predicted octanol–water partition coefficient (Wildman–Crippen LogP) is 2.76. The van der Waals surface area contributed by atoms with Crippen molar-refractivity contribution in [2.75, 3.05) is 0 Å². The minimum absolute atomic E-state index is 0.234. The van der Waals surface area contributed by atoms with E-state index in [4.69, 9.17) is 6.42 Å². The minimum Gasteiger partial charge on any atom is -0.205 e. The Kier molecular flexibility index (Phi) is 2.88. The normalized spacial score (nSPS) is 9.42. The van der Waals surface area contributed by atoms with E-state index in [2.05, 4.69) is 5.92 Å². The Morgan fingerprint density at radius 3 is 2.83 bits per heavy atom. The molecule has 0 aromatic heterocycles. The van der Waals surface area contributed by atoms with Gasteiger partial charge in [0.1, 0.15) is 5.82 Å². The summed E-state index contributed by atoms with van der Waals surface area (Å²) in [6.07, 6.45) is 6.81. The fourth-order valence-corrected chi connectivity index (χ4v) is 1.15. The van der Waals surface area contributed by atoms with Crippen molar-refractivity contribution in [1.29, 1.82) is 0 Å². The third-order valence-electron chi connectivity index (χ3n) is 1.75. The molecule has 1 rings (SSSR count). The summed E-state index contributed by atoms with van der Waals surface area (Å²) < 4.78 is 13.3. The first kappa shape index (κ1) is 8.80. The van der Waals surface area contributed by atoms with Crippen LogP contribution in [0.4, 0.5) is 4.39 Å². The SMILES string of the molecule is C#Cc1cccc(CCC)c1F. The molecule has 1 heteroatoms. The molecule has 0 unspecified atom stereocenters. The summed E-state index contributed by atoms with van der Waals surface area (Å²) in [6.45, 7) is 2.02. The summed E-state index contributed by atoms with van der Waals surface area (Å²) in [7, 11) is 0. The van der Waals surface area contributed by atoms with Crippen LogP contribution in [0.25, 0.3) is 0 Å². The van der Waals surface area contributed by atoms with Crippen LogP contribution >= 0.6 is 0 Å². The van der Waals surface area contributed by atoms with Gasteiger partial charge in [0, 0.05) is 0 Å². The van der Waals surface area contributed by atoms with E-state index in [0.29, 0.717) is 11.1 Å². The van der Waals surface area contributed by atoms with Crippen molar-refractivity contribution >= 4 is 0 Å². The summed E-state index contributed by atoms with van der Waals surface area (Å²) in [5.74, 6) is 2.08. The van der Waals surface area contributed by atoms with Crippen LogP contribution in [-0.4, -0.2) is 0 Å². The molecule has 0 nitrogen and oxygen atoms in total. The molecular weight excluding hydrogens is 151 g/mol. The summed E-state index contributed by atoms with van der Waals surface area (Å²) in [4.78, 5) is 0. The zero-order valence-electron chi connectivity index (χ0n) is 7.10. The van der Waals surface area contributed by atoms with Crippen LogP contribution in [0, 0.1) is 18.2 Å². The van der Waals surface area contributed by atoms with E-state index in [1.54, 1.807) is 18.2 Å². The van der Waals surface area contributed by atoms with Crippen LogP contribution < -0.4 is 0 Å².